The SMILES string of the molecule is O=C(C1=COCCO1)N1CCCCCC1CO. The predicted molar refractivity (Wildman–Crippen MR) is 61.0 cm³/mol. The first-order valence-corrected chi connectivity index (χ1v) is 6.19. The zero-order valence-corrected chi connectivity index (χ0v) is 9.93. The van der Waals surface area contributed by atoms with Crippen LogP contribution in [0, 0.1) is 0 Å². The summed E-state index contributed by atoms with van der Waals surface area (Å²) in [4.78, 5) is 13.9. The van der Waals surface area contributed by atoms with E-state index in [-0.39, 0.29) is 24.3 Å². The highest BCUT2D eigenvalue weighted by Crippen LogP contribution is 2.19. The van der Waals surface area contributed by atoms with E-state index >= 15 is 0 Å². The van der Waals surface area contributed by atoms with Gasteiger partial charge in [0.1, 0.15) is 19.5 Å². The highest BCUT2D eigenvalue weighted by atomic mass is 16.6. The Morgan fingerprint density at radius 2 is 2.29 bits per heavy atom. The van der Waals surface area contributed by atoms with Gasteiger partial charge >= 0.3 is 0 Å². The van der Waals surface area contributed by atoms with Gasteiger partial charge in [0.25, 0.3) is 5.91 Å². The van der Waals surface area contributed by atoms with Gasteiger partial charge in [-0.15, -0.1) is 0 Å². The number of aliphatic hydroxyl groups excluding tert-OH is 1. The van der Waals surface area contributed by atoms with Crippen LogP contribution in [-0.2, 0) is 14.3 Å². The van der Waals surface area contributed by atoms with Gasteiger partial charge in [-0.2, -0.15) is 0 Å². The topological polar surface area (TPSA) is 59.0 Å². The molecular weight excluding hydrogens is 222 g/mol. The maximum absolute atomic E-state index is 12.2. The summed E-state index contributed by atoms with van der Waals surface area (Å²) in [5.74, 6) is 0.0993. The number of nitrogens with zero attached hydrogens (tertiary/aromatic N) is 1. The number of hydrogen-bond acceptors (Lipinski definition) is 4. The molecule has 0 aromatic rings. The van der Waals surface area contributed by atoms with Gasteiger partial charge in [0.15, 0.2) is 0 Å². The summed E-state index contributed by atoms with van der Waals surface area (Å²) >= 11 is 0. The first-order chi connectivity index (χ1) is 8.33. The average molecular weight is 241 g/mol. The van der Waals surface area contributed by atoms with Crippen molar-refractivity contribution >= 4 is 5.91 Å². The summed E-state index contributed by atoms with van der Waals surface area (Å²) in [7, 11) is 0. The summed E-state index contributed by atoms with van der Waals surface area (Å²) in [6, 6.07) is -0.0866. The van der Waals surface area contributed by atoms with E-state index in [4.69, 9.17) is 9.47 Å². The molecule has 2 aliphatic rings. The van der Waals surface area contributed by atoms with E-state index in [2.05, 4.69) is 0 Å². The van der Waals surface area contributed by atoms with Gasteiger partial charge in [0, 0.05) is 6.54 Å². The maximum Gasteiger partial charge on any atom is 0.292 e. The lowest BCUT2D eigenvalue weighted by Gasteiger charge is -2.29. The van der Waals surface area contributed by atoms with Crippen molar-refractivity contribution in [3.63, 3.8) is 0 Å². The molecule has 17 heavy (non-hydrogen) atoms. The molecule has 1 fully saturated rings. The number of aliphatic hydroxyl groups is 1. The molecule has 0 aliphatic carbocycles. The van der Waals surface area contributed by atoms with E-state index in [9.17, 15) is 9.90 Å². The van der Waals surface area contributed by atoms with Crippen molar-refractivity contribution in [3.8, 4) is 0 Å². The molecule has 96 valence electrons. The monoisotopic (exact) mass is 241 g/mol. The van der Waals surface area contributed by atoms with E-state index in [1.165, 1.54) is 6.26 Å². The van der Waals surface area contributed by atoms with Crippen LogP contribution in [0.15, 0.2) is 12.0 Å². The van der Waals surface area contributed by atoms with E-state index in [0.717, 1.165) is 25.7 Å². The van der Waals surface area contributed by atoms with Crippen molar-refractivity contribution in [2.24, 2.45) is 0 Å². The van der Waals surface area contributed by atoms with Crippen molar-refractivity contribution in [1.29, 1.82) is 0 Å². The first-order valence-electron chi connectivity index (χ1n) is 6.19. The minimum absolute atomic E-state index is 0.0138. The predicted octanol–water partition coefficient (Wildman–Crippen LogP) is 0.638. The van der Waals surface area contributed by atoms with Crippen LogP contribution in [0.3, 0.4) is 0 Å². The third-order valence-corrected chi connectivity index (χ3v) is 3.21. The quantitative estimate of drug-likeness (QED) is 0.770. The highest BCUT2D eigenvalue weighted by molar-refractivity contribution is 5.91. The van der Waals surface area contributed by atoms with Crippen molar-refractivity contribution < 1.29 is 19.4 Å². The molecule has 1 atom stereocenters. The third kappa shape index (κ3) is 2.91. The Bertz CT molecular complexity index is 303. The van der Waals surface area contributed by atoms with Crippen molar-refractivity contribution in [3.05, 3.63) is 12.0 Å². The van der Waals surface area contributed by atoms with E-state index in [0.29, 0.717) is 19.8 Å². The van der Waals surface area contributed by atoms with Crippen LogP contribution in [0.2, 0.25) is 0 Å². The summed E-state index contributed by atoms with van der Waals surface area (Å²) in [6.45, 7) is 1.60. The minimum atomic E-state index is -0.161. The Morgan fingerprint density at radius 1 is 1.41 bits per heavy atom. The minimum Gasteiger partial charge on any atom is -0.494 e. The van der Waals surface area contributed by atoms with Crippen LogP contribution in [0.5, 0.6) is 0 Å². The zero-order chi connectivity index (χ0) is 12.1. The van der Waals surface area contributed by atoms with Crippen LogP contribution in [0.4, 0.5) is 0 Å². The molecule has 0 bridgehead atoms. The Morgan fingerprint density at radius 3 is 3.00 bits per heavy atom. The van der Waals surface area contributed by atoms with E-state index in [1.54, 1.807) is 4.90 Å². The summed E-state index contributed by atoms with van der Waals surface area (Å²) in [6.07, 6.45) is 5.39. The van der Waals surface area contributed by atoms with Crippen LogP contribution in [-0.4, -0.2) is 48.3 Å². The lowest BCUT2D eigenvalue weighted by molar-refractivity contribution is -0.135. The molecule has 0 aromatic carbocycles. The van der Waals surface area contributed by atoms with Gasteiger partial charge in [0.05, 0.1) is 12.6 Å². The molecule has 5 nitrogen and oxygen atoms in total. The molecule has 0 radical (unpaired) electrons. The van der Waals surface area contributed by atoms with Crippen LogP contribution < -0.4 is 0 Å². The van der Waals surface area contributed by atoms with Gasteiger partial charge in [-0.1, -0.05) is 12.8 Å². The number of carbonyl (C=O) groups excluding carboxylic acids is 1. The van der Waals surface area contributed by atoms with Crippen LogP contribution in [0.25, 0.3) is 0 Å². The molecule has 5 heteroatoms. The summed E-state index contributed by atoms with van der Waals surface area (Å²) in [5.41, 5.74) is 0. The maximum atomic E-state index is 12.2. The zero-order valence-electron chi connectivity index (χ0n) is 9.93. The normalized spacial score (nSPS) is 25.4. The molecule has 1 amide bonds. The number of ether oxygens (including phenoxy) is 2. The first kappa shape index (κ1) is 12.2. The van der Waals surface area contributed by atoms with Gasteiger partial charge in [-0.05, 0) is 12.8 Å². The Labute approximate surface area is 101 Å². The molecule has 0 spiro atoms. The fraction of sp³-hybridized carbons (Fsp3) is 0.750. The third-order valence-electron chi connectivity index (χ3n) is 3.21. The molecule has 1 saturated heterocycles. The number of hydrogen-bond donors (Lipinski definition) is 1. The van der Waals surface area contributed by atoms with Crippen LogP contribution in [0.1, 0.15) is 25.7 Å². The fourth-order valence-electron chi connectivity index (χ4n) is 2.26. The largest absolute Gasteiger partial charge is 0.494 e. The highest BCUT2D eigenvalue weighted by Gasteiger charge is 2.29. The Balaban J connectivity index is 2.06. The number of carbonyl (C=O) groups is 1. The Kier molecular flexibility index (Phi) is 4.25. The Hall–Kier alpha value is -1.23. The number of rotatable bonds is 2. The average Bonchev–Trinajstić information content (AvgIpc) is 2.64. The van der Waals surface area contributed by atoms with Gasteiger partial charge in [-0.3, -0.25) is 4.79 Å². The lowest BCUT2D eigenvalue weighted by atomic mass is 10.1. The van der Waals surface area contributed by atoms with Gasteiger partial charge in [-0.25, -0.2) is 0 Å². The molecule has 0 saturated carbocycles. The van der Waals surface area contributed by atoms with E-state index in [1.807, 2.05) is 0 Å². The van der Waals surface area contributed by atoms with Crippen LogP contribution >= 0.6 is 0 Å². The molecular formula is C12H19NO4. The van der Waals surface area contributed by atoms with E-state index < -0.39 is 0 Å². The smallest absolute Gasteiger partial charge is 0.292 e. The van der Waals surface area contributed by atoms with Crippen molar-refractivity contribution in [2.45, 2.75) is 31.7 Å². The second-order valence-electron chi connectivity index (χ2n) is 4.39. The fourth-order valence-corrected chi connectivity index (χ4v) is 2.26. The second kappa shape index (κ2) is 5.91. The molecule has 2 heterocycles. The standard InChI is InChI=1S/C12H19NO4/c14-8-10-4-2-1-3-5-13(10)12(15)11-9-16-6-7-17-11/h9-10,14H,1-8H2. The van der Waals surface area contributed by atoms with Gasteiger partial charge < -0.3 is 19.5 Å². The molecule has 0 aromatic heterocycles. The summed E-state index contributed by atoms with van der Waals surface area (Å²) in [5, 5.41) is 9.35. The summed E-state index contributed by atoms with van der Waals surface area (Å²) < 4.78 is 10.4. The van der Waals surface area contributed by atoms with Gasteiger partial charge in [0.2, 0.25) is 5.76 Å². The molecule has 2 aliphatic heterocycles. The second-order valence-corrected chi connectivity index (χ2v) is 4.39. The molecule has 2 rings (SSSR count). The number of amides is 1. The lowest BCUT2D eigenvalue weighted by Crippen LogP contribution is -2.43. The molecule has 1 unspecified atom stereocenters. The van der Waals surface area contributed by atoms with Crippen molar-refractivity contribution in [2.75, 3.05) is 26.4 Å². The molecule has 1 N–H and O–H groups in total. The number of likely N-dealkylation sites (tertiary alicyclic amines) is 1. The van der Waals surface area contributed by atoms with Crippen molar-refractivity contribution in [1.82, 2.24) is 4.90 Å².